The number of carbonyl (C=O) groups is 3. The molecule has 148 valence electrons. The van der Waals surface area contributed by atoms with Crippen molar-refractivity contribution in [1.82, 2.24) is 10.3 Å². The van der Waals surface area contributed by atoms with E-state index in [1.807, 2.05) is 32.0 Å². The normalized spacial score (nSPS) is 11.3. The number of pyridine rings is 1. The molecule has 2 amide bonds. The average molecular weight is 385 g/mol. The molecule has 2 N–H and O–H groups in total. The average Bonchev–Trinajstić information content (AvgIpc) is 2.69. The van der Waals surface area contributed by atoms with Crippen molar-refractivity contribution in [3.05, 3.63) is 53.2 Å². The number of esters is 1. The Morgan fingerprint density at radius 3 is 2.36 bits per heavy atom. The van der Waals surface area contributed by atoms with Crippen molar-refractivity contribution in [1.29, 1.82) is 0 Å². The number of carbonyl (C=O) groups excluding carboxylic acids is 3. The van der Waals surface area contributed by atoms with Crippen molar-refractivity contribution in [3.8, 4) is 5.88 Å². The van der Waals surface area contributed by atoms with E-state index in [4.69, 9.17) is 9.47 Å². The molecule has 0 radical (unpaired) electrons. The molecule has 1 aromatic carbocycles. The summed E-state index contributed by atoms with van der Waals surface area (Å²) in [6, 6.07) is 8.67. The lowest BCUT2D eigenvalue weighted by molar-refractivity contribution is -0.130. The summed E-state index contributed by atoms with van der Waals surface area (Å²) in [7, 11) is 1.46. The number of nitrogens with zero attached hydrogens (tertiary/aromatic N) is 1. The Bertz CT molecular complexity index is 844. The van der Waals surface area contributed by atoms with Gasteiger partial charge in [0.1, 0.15) is 0 Å². The molecule has 0 bridgehead atoms. The number of aryl methyl sites for hydroxylation is 2. The zero-order chi connectivity index (χ0) is 20.7. The fraction of sp³-hybridized carbons (Fsp3) is 0.300. The molecule has 8 nitrogen and oxygen atoms in total. The van der Waals surface area contributed by atoms with Crippen molar-refractivity contribution in [2.45, 2.75) is 26.9 Å². The Morgan fingerprint density at radius 2 is 1.79 bits per heavy atom. The topological polar surface area (TPSA) is 107 Å². The second kappa shape index (κ2) is 9.50. The first kappa shape index (κ1) is 20.9. The lowest BCUT2D eigenvalue weighted by Crippen LogP contribution is -2.40. The van der Waals surface area contributed by atoms with Gasteiger partial charge in [0.05, 0.1) is 19.2 Å². The SMILES string of the molecule is COc1ccc(C(=O)O[C@H](C)C(=O)NCC(=O)Nc2c(C)cccc2C)cn1. The molecule has 8 heteroatoms. The Balaban J connectivity index is 1.84. The molecule has 1 atom stereocenters. The Kier molecular flexibility index (Phi) is 7.08. The predicted octanol–water partition coefficient (Wildman–Crippen LogP) is 2.01. The number of ether oxygens (including phenoxy) is 2. The summed E-state index contributed by atoms with van der Waals surface area (Å²) in [6.07, 6.45) is 0.228. The first-order chi connectivity index (χ1) is 13.3. The lowest BCUT2D eigenvalue weighted by atomic mass is 10.1. The largest absolute Gasteiger partial charge is 0.481 e. The van der Waals surface area contributed by atoms with Crippen molar-refractivity contribution in [2.24, 2.45) is 0 Å². The summed E-state index contributed by atoms with van der Waals surface area (Å²) in [4.78, 5) is 40.1. The molecule has 1 aromatic heterocycles. The van der Waals surface area contributed by atoms with Crippen LogP contribution >= 0.6 is 0 Å². The van der Waals surface area contributed by atoms with Crippen molar-refractivity contribution in [3.63, 3.8) is 0 Å². The number of methoxy groups -OCH3 is 1. The van der Waals surface area contributed by atoms with Crippen LogP contribution in [0.5, 0.6) is 5.88 Å². The number of rotatable bonds is 7. The molecule has 0 fully saturated rings. The van der Waals surface area contributed by atoms with Gasteiger partial charge < -0.3 is 20.1 Å². The maximum Gasteiger partial charge on any atom is 0.340 e. The van der Waals surface area contributed by atoms with E-state index in [0.717, 1.165) is 11.1 Å². The van der Waals surface area contributed by atoms with E-state index < -0.39 is 18.0 Å². The van der Waals surface area contributed by atoms with Crippen LogP contribution in [0, 0.1) is 13.8 Å². The predicted molar refractivity (Wildman–Crippen MR) is 103 cm³/mol. The number of hydrogen-bond acceptors (Lipinski definition) is 6. The summed E-state index contributed by atoms with van der Waals surface area (Å²) < 4.78 is 10.0. The van der Waals surface area contributed by atoms with Gasteiger partial charge in [0.2, 0.25) is 11.8 Å². The summed E-state index contributed by atoms with van der Waals surface area (Å²) in [5.41, 5.74) is 2.76. The summed E-state index contributed by atoms with van der Waals surface area (Å²) in [6.45, 7) is 4.96. The van der Waals surface area contributed by atoms with Gasteiger partial charge in [-0.1, -0.05) is 18.2 Å². The second-order valence-corrected chi connectivity index (χ2v) is 6.17. The number of anilines is 1. The molecule has 0 saturated carbocycles. The smallest absolute Gasteiger partial charge is 0.340 e. The molecule has 0 aliphatic carbocycles. The summed E-state index contributed by atoms with van der Waals surface area (Å²) in [5, 5.41) is 5.22. The van der Waals surface area contributed by atoms with E-state index in [1.165, 1.54) is 32.4 Å². The van der Waals surface area contributed by atoms with Gasteiger partial charge in [-0.3, -0.25) is 9.59 Å². The Hall–Kier alpha value is -3.42. The zero-order valence-corrected chi connectivity index (χ0v) is 16.2. The second-order valence-electron chi connectivity index (χ2n) is 6.17. The highest BCUT2D eigenvalue weighted by Gasteiger charge is 2.20. The van der Waals surface area contributed by atoms with Gasteiger partial charge in [-0.15, -0.1) is 0 Å². The number of hydrogen-bond donors (Lipinski definition) is 2. The standard InChI is InChI=1S/C20H23N3O5/c1-12-6-5-7-13(2)18(12)23-16(24)11-22-19(25)14(3)28-20(26)15-8-9-17(27-4)21-10-15/h5-10,14H,11H2,1-4H3,(H,22,25)(H,23,24)/t14-/m1/s1. The van der Waals surface area contributed by atoms with Crippen LogP contribution in [0.1, 0.15) is 28.4 Å². The lowest BCUT2D eigenvalue weighted by Gasteiger charge is -2.14. The monoisotopic (exact) mass is 385 g/mol. The van der Waals surface area contributed by atoms with Crippen molar-refractivity contribution in [2.75, 3.05) is 19.0 Å². The van der Waals surface area contributed by atoms with Crippen LogP contribution in [-0.4, -0.2) is 42.5 Å². The first-order valence-electron chi connectivity index (χ1n) is 8.66. The minimum atomic E-state index is -1.07. The highest BCUT2D eigenvalue weighted by molar-refractivity contribution is 5.97. The molecule has 2 aromatic rings. The molecular weight excluding hydrogens is 362 g/mol. The van der Waals surface area contributed by atoms with Crippen LogP contribution in [0.15, 0.2) is 36.5 Å². The van der Waals surface area contributed by atoms with E-state index in [-0.39, 0.29) is 18.0 Å². The number of aromatic nitrogens is 1. The van der Waals surface area contributed by atoms with E-state index in [1.54, 1.807) is 0 Å². The molecule has 0 aliphatic rings. The van der Waals surface area contributed by atoms with E-state index in [0.29, 0.717) is 11.6 Å². The molecule has 1 heterocycles. The van der Waals surface area contributed by atoms with Crippen molar-refractivity contribution < 1.29 is 23.9 Å². The van der Waals surface area contributed by atoms with Gasteiger partial charge in [-0.2, -0.15) is 0 Å². The Labute approximate surface area is 163 Å². The Morgan fingerprint density at radius 1 is 1.11 bits per heavy atom. The third kappa shape index (κ3) is 5.54. The van der Waals surface area contributed by atoms with Gasteiger partial charge >= 0.3 is 5.97 Å². The summed E-state index contributed by atoms with van der Waals surface area (Å²) >= 11 is 0. The molecule has 28 heavy (non-hydrogen) atoms. The van der Waals surface area contributed by atoms with Crippen molar-refractivity contribution >= 4 is 23.5 Å². The molecule has 0 aliphatic heterocycles. The van der Waals surface area contributed by atoms with Crippen LogP contribution in [0.4, 0.5) is 5.69 Å². The van der Waals surface area contributed by atoms with Crippen LogP contribution in [-0.2, 0) is 14.3 Å². The van der Waals surface area contributed by atoms with Crippen LogP contribution < -0.4 is 15.4 Å². The molecule has 0 spiro atoms. The quantitative estimate of drug-likeness (QED) is 0.706. The van der Waals surface area contributed by atoms with Crippen LogP contribution in [0.25, 0.3) is 0 Å². The van der Waals surface area contributed by atoms with Gasteiger partial charge in [0, 0.05) is 18.0 Å². The van der Waals surface area contributed by atoms with Crippen LogP contribution in [0.2, 0.25) is 0 Å². The number of amides is 2. The highest BCUT2D eigenvalue weighted by atomic mass is 16.5. The van der Waals surface area contributed by atoms with Gasteiger partial charge in [0.15, 0.2) is 6.10 Å². The van der Waals surface area contributed by atoms with Gasteiger partial charge in [-0.25, -0.2) is 9.78 Å². The zero-order valence-electron chi connectivity index (χ0n) is 16.2. The maximum atomic E-state index is 12.1. The fourth-order valence-corrected chi connectivity index (χ4v) is 2.41. The van der Waals surface area contributed by atoms with E-state index >= 15 is 0 Å². The number of para-hydroxylation sites is 1. The first-order valence-corrected chi connectivity index (χ1v) is 8.66. The maximum absolute atomic E-state index is 12.1. The van der Waals surface area contributed by atoms with E-state index in [2.05, 4.69) is 15.6 Å². The van der Waals surface area contributed by atoms with Crippen LogP contribution in [0.3, 0.4) is 0 Å². The highest BCUT2D eigenvalue weighted by Crippen LogP contribution is 2.19. The van der Waals surface area contributed by atoms with E-state index in [9.17, 15) is 14.4 Å². The van der Waals surface area contributed by atoms with Gasteiger partial charge in [-0.05, 0) is 38.0 Å². The molecule has 0 unspecified atom stereocenters. The minimum absolute atomic E-state index is 0.188. The molecule has 2 rings (SSSR count). The fourth-order valence-electron chi connectivity index (χ4n) is 2.41. The number of nitrogens with one attached hydrogen (secondary N) is 2. The third-order valence-electron chi connectivity index (χ3n) is 4.00. The minimum Gasteiger partial charge on any atom is -0.481 e. The summed E-state index contributed by atoms with van der Waals surface area (Å²) in [5.74, 6) is -1.29. The molecule has 0 saturated heterocycles. The molecular formula is C20H23N3O5. The van der Waals surface area contributed by atoms with Gasteiger partial charge in [0.25, 0.3) is 5.91 Å². The third-order valence-corrected chi connectivity index (χ3v) is 4.00. The number of benzene rings is 1.